The van der Waals surface area contributed by atoms with E-state index in [1.54, 1.807) is 0 Å². The summed E-state index contributed by atoms with van der Waals surface area (Å²) >= 11 is 3.48. The second-order valence-corrected chi connectivity index (χ2v) is 7.69. The Morgan fingerprint density at radius 3 is 2.44 bits per heavy atom. The van der Waals surface area contributed by atoms with E-state index in [1.165, 1.54) is 0 Å². The summed E-state index contributed by atoms with van der Waals surface area (Å²) in [5.74, 6) is 0.836. The van der Waals surface area contributed by atoms with Crippen molar-refractivity contribution in [3.63, 3.8) is 0 Å². The lowest BCUT2D eigenvalue weighted by atomic mass is 9.84. The smallest absolute Gasteiger partial charge is 0.191 e. The van der Waals surface area contributed by atoms with Gasteiger partial charge in [-0.1, -0.05) is 15.9 Å². The molecular weight excluding hydrogens is 388 g/mol. The molecule has 136 valence electrons. The third-order valence-electron chi connectivity index (χ3n) is 5.28. The van der Waals surface area contributed by atoms with Gasteiger partial charge in [-0.05, 0) is 18.2 Å². The number of Topliss-reactive ketones (excluding diaryl/α,β-unsaturated/α-hetero) is 1. The van der Waals surface area contributed by atoms with E-state index in [2.05, 4.69) is 25.7 Å². The fourth-order valence-corrected chi connectivity index (χ4v) is 4.25. The number of fused-ring (bicyclic) bond motifs is 1. The van der Waals surface area contributed by atoms with Crippen molar-refractivity contribution >= 4 is 21.7 Å². The molecule has 3 aliphatic heterocycles. The van der Waals surface area contributed by atoms with Crippen molar-refractivity contribution in [2.75, 3.05) is 65.8 Å². The largest absolute Gasteiger partial charge is 0.490 e. The summed E-state index contributed by atoms with van der Waals surface area (Å²) in [5, 5.41) is 0. The molecule has 0 unspecified atom stereocenters. The van der Waals surface area contributed by atoms with Crippen LogP contribution in [0.5, 0.6) is 5.75 Å². The first-order chi connectivity index (χ1) is 12.2. The summed E-state index contributed by atoms with van der Waals surface area (Å²) in [5.41, 5.74) is 0.00919. The Morgan fingerprint density at radius 2 is 1.72 bits per heavy atom. The maximum absolute atomic E-state index is 13.6. The minimum atomic E-state index is -0.658. The van der Waals surface area contributed by atoms with E-state index >= 15 is 0 Å². The van der Waals surface area contributed by atoms with Gasteiger partial charge in [0.25, 0.3) is 0 Å². The Balaban J connectivity index is 1.68. The van der Waals surface area contributed by atoms with Crippen LogP contribution < -0.4 is 4.74 Å². The summed E-state index contributed by atoms with van der Waals surface area (Å²) in [6.45, 7) is 7.01. The number of nitrogens with zero attached hydrogens (tertiary/aromatic N) is 2. The van der Waals surface area contributed by atoms with Crippen LogP contribution in [0.2, 0.25) is 0 Å². The molecule has 0 aromatic heterocycles. The fraction of sp³-hybridized carbons (Fsp3) is 0.611. The van der Waals surface area contributed by atoms with Crippen molar-refractivity contribution in [1.29, 1.82) is 0 Å². The van der Waals surface area contributed by atoms with Gasteiger partial charge < -0.3 is 14.2 Å². The van der Waals surface area contributed by atoms with Crippen molar-refractivity contribution in [3.8, 4) is 5.75 Å². The average Bonchev–Trinajstić information content (AvgIpc) is 2.66. The van der Waals surface area contributed by atoms with Gasteiger partial charge in [0.15, 0.2) is 5.78 Å². The predicted molar refractivity (Wildman–Crippen MR) is 96.3 cm³/mol. The Labute approximate surface area is 156 Å². The number of morpholine rings is 2. The Kier molecular flexibility index (Phi) is 5.11. The molecule has 1 aromatic carbocycles. The molecule has 3 heterocycles. The minimum Gasteiger partial charge on any atom is -0.490 e. The molecule has 0 bridgehead atoms. The molecular formula is C18H23BrN2O4. The summed E-state index contributed by atoms with van der Waals surface area (Å²) in [4.78, 5) is 18.2. The van der Waals surface area contributed by atoms with Gasteiger partial charge in [-0.25, -0.2) is 0 Å². The van der Waals surface area contributed by atoms with E-state index < -0.39 is 5.54 Å². The van der Waals surface area contributed by atoms with Crippen LogP contribution in [-0.2, 0) is 9.47 Å². The van der Waals surface area contributed by atoms with Crippen molar-refractivity contribution in [1.82, 2.24) is 9.80 Å². The van der Waals surface area contributed by atoms with E-state index in [-0.39, 0.29) is 5.78 Å². The van der Waals surface area contributed by atoms with Crippen molar-refractivity contribution in [3.05, 3.63) is 28.2 Å². The molecule has 2 saturated heterocycles. The highest BCUT2D eigenvalue weighted by Crippen LogP contribution is 2.35. The number of benzene rings is 1. The first kappa shape index (κ1) is 17.4. The monoisotopic (exact) mass is 410 g/mol. The normalized spacial score (nSPS) is 28.4. The number of hydrogen-bond acceptors (Lipinski definition) is 6. The van der Waals surface area contributed by atoms with Crippen LogP contribution in [0.3, 0.4) is 0 Å². The lowest BCUT2D eigenvalue weighted by Crippen LogP contribution is -2.68. The first-order valence-electron chi connectivity index (χ1n) is 8.79. The number of rotatable bonds is 3. The second-order valence-electron chi connectivity index (χ2n) is 6.78. The maximum atomic E-state index is 13.6. The van der Waals surface area contributed by atoms with Gasteiger partial charge in [0.1, 0.15) is 17.9 Å². The maximum Gasteiger partial charge on any atom is 0.191 e. The number of ether oxygens (including phenoxy) is 3. The van der Waals surface area contributed by atoms with E-state index in [9.17, 15) is 4.79 Å². The highest BCUT2D eigenvalue weighted by Gasteiger charge is 2.50. The van der Waals surface area contributed by atoms with Gasteiger partial charge in [0, 0.05) is 37.2 Å². The molecule has 1 aromatic rings. The third-order valence-corrected chi connectivity index (χ3v) is 5.77. The second kappa shape index (κ2) is 7.32. The van der Waals surface area contributed by atoms with Crippen LogP contribution in [0, 0.1) is 0 Å². The van der Waals surface area contributed by atoms with Crippen molar-refractivity contribution in [2.45, 2.75) is 5.54 Å². The quantitative estimate of drug-likeness (QED) is 0.750. The zero-order valence-corrected chi connectivity index (χ0v) is 15.8. The van der Waals surface area contributed by atoms with Crippen molar-refractivity contribution < 1.29 is 19.0 Å². The lowest BCUT2D eigenvalue weighted by molar-refractivity contribution is -0.0546. The molecule has 0 radical (unpaired) electrons. The Hall–Kier alpha value is -0.990. The molecule has 4 rings (SSSR count). The molecule has 0 saturated carbocycles. The van der Waals surface area contributed by atoms with E-state index in [1.807, 2.05) is 18.2 Å². The van der Waals surface area contributed by atoms with Crippen molar-refractivity contribution in [2.24, 2.45) is 0 Å². The summed E-state index contributed by atoms with van der Waals surface area (Å²) in [6.07, 6.45) is 0. The van der Waals surface area contributed by atoms with Crippen LogP contribution in [0.25, 0.3) is 0 Å². The molecule has 1 atom stereocenters. The molecule has 6 nitrogen and oxygen atoms in total. The Morgan fingerprint density at radius 1 is 1.04 bits per heavy atom. The summed E-state index contributed by atoms with van der Waals surface area (Å²) in [6, 6.07) is 5.66. The minimum absolute atomic E-state index is 0.156. The van der Waals surface area contributed by atoms with Crippen LogP contribution >= 0.6 is 15.9 Å². The molecule has 0 aliphatic carbocycles. The zero-order valence-electron chi connectivity index (χ0n) is 14.2. The number of carbonyl (C=O) groups excluding carboxylic acids is 1. The third kappa shape index (κ3) is 3.36. The van der Waals surface area contributed by atoms with E-state index in [0.29, 0.717) is 37.7 Å². The predicted octanol–water partition coefficient (Wildman–Crippen LogP) is 1.43. The number of halogens is 1. The molecule has 0 N–H and O–H groups in total. The molecule has 7 heteroatoms. The van der Waals surface area contributed by atoms with E-state index in [0.717, 1.165) is 43.9 Å². The molecule has 2 fully saturated rings. The summed E-state index contributed by atoms with van der Waals surface area (Å²) < 4.78 is 18.0. The highest BCUT2D eigenvalue weighted by atomic mass is 79.9. The highest BCUT2D eigenvalue weighted by molar-refractivity contribution is 9.10. The standard InChI is InChI=1S/C18H23BrN2O4/c19-14-1-2-16-15(11-14)17(22)18(13-25-16,21-5-9-24-10-6-21)12-20-3-7-23-8-4-20/h1-2,11H,3-10,12-13H2/t18-/m0/s1. The Bertz CT molecular complexity index is 644. The van der Waals surface area contributed by atoms with Gasteiger partial charge in [-0.2, -0.15) is 0 Å². The number of hydrogen-bond donors (Lipinski definition) is 0. The summed E-state index contributed by atoms with van der Waals surface area (Å²) in [7, 11) is 0. The van der Waals surface area contributed by atoms with Crippen LogP contribution in [0.1, 0.15) is 10.4 Å². The van der Waals surface area contributed by atoms with Crippen LogP contribution in [-0.4, -0.2) is 86.9 Å². The lowest BCUT2D eigenvalue weighted by Gasteiger charge is -2.48. The van der Waals surface area contributed by atoms with Gasteiger partial charge in [0.05, 0.1) is 32.0 Å². The van der Waals surface area contributed by atoms with Gasteiger partial charge in [-0.3, -0.25) is 14.6 Å². The fourth-order valence-electron chi connectivity index (χ4n) is 3.89. The SMILES string of the molecule is O=C1c2cc(Br)ccc2OC[C@]1(CN1CCOCC1)N1CCOCC1. The van der Waals surface area contributed by atoms with Crippen LogP contribution in [0.4, 0.5) is 0 Å². The first-order valence-corrected chi connectivity index (χ1v) is 9.58. The molecule has 3 aliphatic rings. The number of ketones is 1. The average molecular weight is 411 g/mol. The molecule has 0 amide bonds. The van der Waals surface area contributed by atoms with E-state index in [4.69, 9.17) is 14.2 Å². The molecule has 0 spiro atoms. The number of carbonyl (C=O) groups is 1. The zero-order chi connectivity index (χ0) is 17.3. The van der Waals surface area contributed by atoms with Gasteiger partial charge >= 0.3 is 0 Å². The molecule has 25 heavy (non-hydrogen) atoms. The van der Waals surface area contributed by atoms with Gasteiger partial charge in [0.2, 0.25) is 0 Å². The topological polar surface area (TPSA) is 51.2 Å². The van der Waals surface area contributed by atoms with Gasteiger partial charge in [-0.15, -0.1) is 0 Å². The van der Waals surface area contributed by atoms with Crippen LogP contribution in [0.15, 0.2) is 22.7 Å².